The maximum atomic E-state index is 13.6. The Labute approximate surface area is 118 Å². The first kappa shape index (κ1) is 15.5. The molecule has 0 saturated heterocycles. The first-order valence-corrected chi connectivity index (χ1v) is 6.43. The number of rotatable bonds is 2. The number of halogens is 5. The van der Waals surface area contributed by atoms with Gasteiger partial charge >= 0.3 is 6.18 Å². The minimum absolute atomic E-state index is 0.0887. The number of alkyl halides is 3. The minimum Gasteiger partial charge on any atom is -0.487 e. The van der Waals surface area contributed by atoms with E-state index in [4.69, 9.17) is 10.00 Å². The van der Waals surface area contributed by atoms with E-state index >= 15 is 0 Å². The second-order valence-electron chi connectivity index (χ2n) is 5.01. The van der Waals surface area contributed by atoms with Crippen LogP contribution in [0.4, 0.5) is 22.0 Å². The highest BCUT2D eigenvalue weighted by molar-refractivity contribution is 5.37. The summed E-state index contributed by atoms with van der Waals surface area (Å²) in [5, 5.41) is 8.56. The third kappa shape index (κ3) is 3.63. The normalized spacial score (nSPS) is 22.7. The highest BCUT2D eigenvalue weighted by atomic mass is 19.4. The SMILES string of the molecule is N#Cc1cc(F)c(O[C@H]2CC[C@H](C(F)(F)F)CC2)cc1F. The van der Waals surface area contributed by atoms with Crippen molar-refractivity contribution >= 4 is 0 Å². The van der Waals surface area contributed by atoms with Gasteiger partial charge in [-0.05, 0) is 31.7 Å². The van der Waals surface area contributed by atoms with Gasteiger partial charge in [-0.15, -0.1) is 0 Å². The van der Waals surface area contributed by atoms with Crippen molar-refractivity contribution in [2.24, 2.45) is 5.92 Å². The highest BCUT2D eigenvalue weighted by Crippen LogP contribution is 2.38. The summed E-state index contributed by atoms with van der Waals surface area (Å²) in [7, 11) is 0. The molecule has 0 aromatic heterocycles. The lowest BCUT2D eigenvalue weighted by Crippen LogP contribution is -2.32. The largest absolute Gasteiger partial charge is 0.487 e. The number of ether oxygens (including phenoxy) is 1. The van der Waals surface area contributed by atoms with Crippen molar-refractivity contribution in [1.29, 1.82) is 5.26 Å². The van der Waals surface area contributed by atoms with Gasteiger partial charge in [-0.2, -0.15) is 18.4 Å². The molecule has 1 aromatic rings. The molecule has 0 aliphatic heterocycles. The van der Waals surface area contributed by atoms with Crippen molar-refractivity contribution < 1.29 is 26.7 Å². The zero-order valence-corrected chi connectivity index (χ0v) is 10.9. The van der Waals surface area contributed by atoms with Crippen molar-refractivity contribution in [2.75, 3.05) is 0 Å². The van der Waals surface area contributed by atoms with Gasteiger partial charge in [0.05, 0.1) is 17.6 Å². The lowest BCUT2D eigenvalue weighted by molar-refractivity contribution is -0.185. The van der Waals surface area contributed by atoms with Gasteiger partial charge < -0.3 is 4.74 Å². The molecule has 0 N–H and O–H groups in total. The second kappa shape index (κ2) is 5.88. The maximum absolute atomic E-state index is 13.6. The van der Waals surface area contributed by atoms with Crippen LogP contribution in [0, 0.1) is 28.9 Å². The monoisotopic (exact) mass is 305 g/mol. The van der Waals surface area contributed by atoms with Crippen molar-refractivity contribution in [2.45, 2.75) is 38.0 Å². The Hall–Kier alpha value is -1.84. The third-order valence-corrected chi connectivity index (χ3v) is 3.57. The van der Waals surface area contributed by atoms with Crippen molar-refractivity contribution in [3.63, 3.8) is 0 Å². The van der Waals surface area contributed by atoms with Crippen LogP contribution >= 0.6 is 0 Å². The molecule has 114 valence electrons. The number of nitriles is 1. The molecule has 1 aromatic carbocycles. The molecule has 1 aliphatic rings. The van der Waals surface area contributed by atoms with Crippen LogP contribution in [0.2, 0.25) is 0 Å². The summed E-state index contributed by atoms with van der Waals surface area (Å²) in [6.45, 7) is 0. The first-order chi connectivity index (χ1) is 9.81. The molecule has 2 nitrogen and oxygen atoms in total. The van der Waals surface area contributed by atoms with Gasteiger partial charge in [0.25, 0.3) is 0 Å². The second-order valence-corrected chi connectivity index (χ2v) is 5.01. The van der Waals surface area contributed by atoms with E-state index in [0.717, 1.165) is 6.07 Å². The van der Waals surface area contributed by atoms with Gasteiger partial charge in [-0.1, -0.05) is 0 Å². The van der Waals surface area contributed by atoms with E-state index in [0.29, 0.717) is 6.07 Å². The van der Waals surface area contributed by atoms with E-state index in [1.807, 2.05) is 0 Å². The fourth-order valence-corrected chi connectivity index (χ4v) is 2.39. The molecule has 0 heterocycles. The van der Waals surface area contributed by atoms with Crippen LogP contribution < -0.4 is 4.74 Å². The predicted molar refractivity (Wildman–Crippen MR) is 63.5 cm³/mol. The average molecular weight is 305 g/mol. The van der Waals surface area contributed by atoms with Gasteiger partial charge in [-0.3, -0.25) is 0 Å². The van der Waals surface area contributed by atoms with Crippen molar-refractivity contribution in [3.8, 4) is 11.8 Å². The fourth-order valence-electron chi connectivity index (χ4n) is 2.39. The van der Waals surface area contributed by atoms with E-state index in [-0.39, 0.29) is 31.4 Å². The summed E-state index contributed by atoms with van der Waals surface area (Å²) in [5.41, 5.74) is -0.444. The Bertz CT molecular complexity index is 556. The van der Waals surface area contributed by atoms with Gasteiger partial charge in [0, 0.05) is 6.07 Å². The van der Waals surface area contributed by atoms with Crippen LogP contribution in [0.3, 0.4) is 0 Å². The summed E-state index contributed by atoms with van der Waals surface area (Å²) >= 11 is 0. The lowest BCUT2D eigenvalue weighted by atomic mass is 9.87. The molecule has 0 radical (unpaired) electrons. The third-order valence-electron chi connectivity index (χ3n) is 3.57. The molecule has 0 atom stereocenters. The minimum atomic E-state index is -4.23. The zero-order chi connectivity index (χ0) is 15.6. The van der Waals surface area contributed by atoms with E-state index in [1.54, 1.807) is 0 Å². The summed E-state index contributed by atoms with van der Waals surface area (Å²) in [6.07, 6.45) is -4.72. The van der Waals surface area contributed by atoms with E-state index in [9.17, 15) is 22.0 Å². The van der Waals surface area contributed by atoms with Gasteiger partial charge in [0.2, 0.25) is 0 Å². The maximum Gasteiger partial charge on any atom is 0.391 e. The number of hydrogen-bond donors (Lipinski definition) is 0. The van der Waals surface area contributed by atoms with Gasteiger partial charge in [0.1, 0.15) is 11.9 Å². The van der Waals surface area contributed by atoms with Gasteiger partial charge in [-0.25, -0.2) is 8.78 Å². The molecule has 0 unspecified atom stereocenters. The van der Waals surface area contributed by atoms with Crippen LogP contribution in [0.25, 0.3) is 0 Å². The molecule has 0 bridgehead atoms. The average Bonchev–Trinajstić information content (AvgIpc) is 2.42. The Morgan fingerprint density at radius 2 is 1.67 bits per heavy atom. The molecule has 1 saturated carbocycles. The molecular formula is C14H12F5NO. The quantitative estimate of drug-likeness (QED) is 0.762. The van der Waals surface area contributed by atoms with E-state index < -0.39 is 35.4 Å². The lowest BCUT2D eigenvalue weighted by Gasteiger charge is -2.30. The van der Waals surface area contributed by atoms with Crippen LogP contribution in [0.5, 0.6) is 5.75 Å². The molecular weight excluding hydrogens is 293 g/mol. The van der Waals surface area contributed by atoms with Crippen LogP contribution in [-0.2, 0) is 0 Å². The molecule has 21 heavy (non-hydrogen) atoms. The topological polar surface area (TPSA) is 33.0 Å². The summed E-state index contributed by atoms with van der Waals surface area (Å²) in [6, 6.07) is 2.96. The highest BCUT2D eigenvalue weighted by Gasteiger charge is 2.41. The summed E-state index contributed by atoms with van der Waals surface area (Å²) in [4.78, 5) is 0. The Morgan fingerprint density at radius 3 is 2.19 bits per heavy atom. The standard InChI is InChI=1S/C14H12F5NO/c15-11-6-13(12(16)5-8(11)7-20)21-10-3-1-9(2-4-10)14(17,18)19/h5-6,9-10H,1-4H2/t9-,10-. The van der Waals surface area contributed by atoms with Gasteiger partial charge in [0.15, 0.2) is 11.6 Å². The Kier molecular flexibility index (Phi) is 4.35. The number of nitrogens with zero attached hydrogens (tertiary/aromatic N) is 1. The Morgan fingerprint density at radius 1 is 1.05 bits per heavy atom. The smallest absolute Gasteiger partial charge is 0.391 e. The molecule has 0 amide bonds. The number of benzene rings is 1. The molecule has 7 heteroatoms. The summed E-state index contributed by atoms with van der Waals surface area (Å²) < 4.78 is 69.8. The summed E-state index contributed by atoms with van der Waals surface area (Å²) in [5.74, 6) is -3.55. The Balaban J connectivity index is 2.01. The van der Waals surface area contributed by atoms with E-state index in [2.05, 4.69) is 0 Å². The van der Waals surface area contributed by atoms with Crippen molar-refractivity contribution in [3.05, 3.63) is 29.3 Å². The molecule has 1 fully saturated rings. The zero-order valence-electron chi connectivity index (χ0n) is 10.9. The molecule has 2 rings (SSSR count). The fraction of sp³-hybridized carbons (Fsp3) is 0.500. The van der Waals surface area contributed by atoms with Crippen molar-refractivity contribution in [1.82, 2.24) is 0 Å². The van der Waals surface area contributed by atoms with E-state index in [1.165, 1.54) is 6.07 Å². The number of hydrogen-bond acceptors (Lipinski definition) is 2. The molecule has 1 aliphatic carbocycles. The predicted octanol–water partition coefficient (Wildman–Crippen LogP) is 4.34. The van der Waals surface area contributed by atoms with Crippen LogP contribution in [-0.4, -0.2) is 12.3 Å². The van der Waals surface area contributed by atoms with Crippen LogP contribution in [0.1, 0.15) is 31.2 Å². The first-order valence-electron chi connectivity index (χ1n) is 6.43. The van der Waals surface area contributed by atoms with Crippen LogP contribution in [0.15, 0.2) is 12.1 Å². The molecule has 0 spiro atoms.